The van der Waals surface area contributed by atoms with E-state index in [2.05, 4.69) is 10.3 Å². The molecule has 0 spiro atoms. The molecule has 0 bridgehead atoms. The van der Waals surface area contributed by atoms with Gasteiger partial charge in [0.25, 0.3) is 0 Å². The standard InChI is InChI=1S/C16H22FN3O2.HI/c1-11-9-20(10-13(11)15(21)22-3)16(18-2)19-8-12-6-4-5-7-14(12)17;/h4-7,11,13H,8-10H2,1-3H3,(H,18,19);1H. The summed E-state index contributed by atoms with van der Waals surface area (Å²) in [7, 11) is 3.09. The number of methoxy groups -OCH3 is 1. The number of hydrogen-bond donors (Lipinski definition) is 1. The Morgan fingerprint density at radius 1 is 1.43 bits per heavy atom. The van der Waals surface area contributed by atoms with Crippen LogP contribution in [0.4, 0.5) is 4.39 Å². The number of ether oxygens (including phenoxy) is 1. The molecule has 0 aromatic heterocycles. The summed E-state index contributed by atoms with van der Waals surface area (Å²) >= 11 is 0. The molecule has 0 aliphatic carbocycles. The third kappa shape index (κ3) is 4.79. The number of carbonyl (C=O) groups excluding carboxylic acids is 1. The number of likely N-dealkylation sites (tertiary alicyclic amines) is 1. The van der Waals surface area contributed by atoms with Gasteiger partial charge in [-0.1, -0.05) is 25.1 Å². The molecule has 0 radical (unpaired) electrons. The molecule has 0 amide bonds. The molecule has 2 unspecified atom stereocenters. The number of carbonyl (C=O) groups is 1. The lowest BCUT2D eigenvalue weighted by Crippen LogP contribution is -2.40. The Hall–Kier alpha value is -1.38. The van der Waals surface area contributed by atoms with Gasteiger partial charge in [-0.2, -0.15) is 0 Å². The molecule has 0 saturated carbocycles. The van der Waals surface area contributed by atoms with E-state index in [1.165, 1.54) is 13.2 Å². The van der Waals surface area contributed by atoms with E-state index in [1.807, 2.05) is 11.8 Å². The number of aliphatic imine (C=N–C) groups is 1. The van der Waals surface area contributed by atoms with Gasteiger partial charge >= 0.3 is 5.97 Å². The zero-order valence-corrected chi connectivity index (χ0v) is 15.9. The number of guanidine groups is 1. The summed E-state index contributed by atoms with van der Waals surface area (Å²) in [4.78, 5) is 18.0. The van der Waals surface area contributed by atoms with E-state index < -0.39 is 0 Å². The molecule has 2 rings (SSSR count). The lowest BCUT2D eigenvalue weighted by molar-refractivity contribution is -0.145. The molecule has 1 saturated heterocycles. The second-order valence-electron chi connectivity index (χ2n) is 5.50. The van der Waals surface area contributed by atoms with E-state index in [9.17, 15) is 9.18 Å². The average molecular weight is 435 g/mol. The fourth-order valence-corrected chi connectivity index (χ4v) is 2.75. The monoisotopic (exact) mass is 435 g/mol. The molecule has 1 aromatic carbocycles. The maximum Gasteiger partial charge on any atom is 0.310 e. The van der Waals surface area contributed by atoms with Crippen LogP contribution in [0.5, 0.6) is 0 Å². The summed E-state index contributed by atoms with van der Waals surface area (Å²) in [6.45, 7) is 3.65. The highest BCUT2D eigenvalue weighted by atomic mass is 127. The fourth-order valence-electron chi connectivity index (χ4n) is 2.75. The van der Waals surface area contributed by atoms with Crippen molar-refractivity contribution in [3.63, 3.8) is 0 Å². The number of nitrogens with zero attached hydrogens (tertiary/aromatic N) is 2. The molecule has 1 aliphatic rings. The number of halogens is 2. The van der Waals surface area contributed by atoms with E-state index in [0.717, 1.165) is 6.54 Å². The van der Waals surface area contributed by atoms with Gasteiger partial charge < -0.3 is 15.0 Å². The van der Waals surface area contributed by atoms with Crippen molar-refractivity contribution < 1.29 is 13.9 Å². The van der Waals surface area contributed by atoms with Gasteiger partial charge in [-0.15, -0.1) is 24.0 Å². The molecule has 7 heteroatoms. The van der Waals surface area contributed by atoms with Crippen molar-refractivity contribution in [2.24, 2.45) is 16.8 Å². The first-order valence-corrected chi connectivity index (χ1v) is 7.33. The van der Waals surface area contributed by atoms with Crippen LogP contribution in [-0.4, -0.2) is 44.1 Å². The first kappa shape index (κ1) is 19.7. The zero-order chi connectivity index (χ0) is 16.1. The molecule has 1 aliphatic heterocycles. The van der Waals surface area contributed by atoms with Crippen LogP contribution in [0.2, 0.25) is 0 Å². The first-order chi connectivity index (χ1) is 10.6. The largest absolute Gasteiger partial charge is 0.469 e. The molecular weight excluding hydrogens is 412 g/mol. The SMILES string of the molecule is CN=C(NCc1ccccc1F)N1CC(C)C(C(=O)OC)C1.I. The Morgan fingerprint density at radius 3 is 2.74 bits per heavy atom. The number of hydrogen-bond acceptors (Lipinski definition) is 3. The molecule has 1 N–H and O–H groups in total. The van der Waals surface area contributed by atoms with Crippen LogP contribution in [0.25, 0.3) is 0 Å². The zero-order valence-electron chi connectivity index (χ0n) is 13.6. The van der Waals surface area contributed by atoms with Gasteiger partial charge in [0.2, 0.25) is 0 Å². The summed E-state index contributed by atoms with van der Waals surface area (Å²) in [5.41, 5.74) is 0.584. The minimum Gasteiger partial charge on any atom is -0.469 e. The van der Waals surface area contributed by atoms with Crippen LogP contribution in [0.1, 0.15) is 12.5 Å². The summed E-state index contributed by atoms with van der Waals surface area (Å²) < 4.78 is 18.5. The van der Waals surface area contributed by atoms with Crippen molar-refractivity contribution in [1.29, 1.82) is 0 Å². The predicted octanol–water partition coefficient (Wildman–Crippen LogP) is 2.26. The topological polar surface area (TPSA) is 53.9 Å². The van der Waals surface area contributed by atoms with Crippen LogP contribution in [0.15, 0.2) is 29.3 Å². The predicted molar refractivity (Wildman–Crippen MR) is 98.3 cm³/mol. The first-order valence-electron chi connectivity index (χ1n) is 7.33. The molecule has 23 heavy (non-hydrogen) atoms. The van der Waals surface area contributed by atoms with E-state index >= 15 is 0 Å². The van der Waals surface area contributed by atoms with E-state index in [4.69, 9.17) is 4.74 Å². The molecule has 1 heterocycles. The second-order valence-corrected chi connectivity index (χ2v) is 5.50. The van der Waals surface area contributed by atoms with Crippen LogP contribution in [0.3, 0.4) is 0 Å². The lowest BCUT2D eigenvalue weighted by atomic mass is 9.99. The minimum absolute atomic E-state index is 0. The smallest absolute Gasteiger partial charge is 0.310 e. The normalized spacial score (nSPS) is 20.9. The Labute approximate surface area is 153 Å². The number of rotatable bonds is 3. The van der Waals surface area contributed by atoms with Gasteiger partial charge in [0.1, 0.15) is 5.82 Å². The average Bonchev–Trinajstić information content (AvgIpc) is 2.90. The number of nitrogens with one attached hydrogen (secondary N) is 1. The van der Waals surface area contributed by atoms with Crippen molar-refractivity contribution in [1.82, 2.24) is 10.2 Å². The maximum atomic E-state index is 13.6. The van der Waals surface area contributed by atoms with Gasteiger partial charge in [0.05, 0.1) is 13.0 Å². The molecule has 1 fully saturated rings. The highest BCUT2D eigenvalue weighted by Crippen LogP contribution is 2.24. The van der Waals surface area contributed by atoms with Crippen LogP contribution in [0, 0.1) is 17.7 Å². The summed E-state index contributed by atoms with van der Waals surface area (Å²) in [6.07, 6.45) is 0. The molecule has 1 aromatic rings. The molecular formula is C16H23FIN3O2. The Morgan fingerprint density at radius 2 is 2.13 bits per heavy atom. The Kier molecular flexibility index (Phi) is 7.74. The minimum atomic E-state index is -0.243. The number of esters is 1. The quantitative estimate of drug-likeness (QED) is 0.343. The highest BCUT2D eigenvalue weighted by Gasteiger charge is 2.36. The van der Waals surface area contributed by atoms with Gasteiger partial charge in [0, 0.05) is 32.2 Å². The lowest BCUT2D eigenvalue weighted by Gasteiger charge is -2.21. The summed E-state index contributed by atoms with van der Waals surface area (Å²) in [5, 5.41) is 3.15. The van der Waals surface area contributed by atoms with Crippen molar-refractivity contribution >= 4 is 35.9 Å². The number of benzene rings is 1. The van der Waals surface area contributed by atoms with Gasteiger partial charge in [0.15, 0.2) is 5.96 Å². The van der Waals surface area contributed by atoms with Crippen molar-refractivity contribution in [2.75, 3.05) is 27.2 Å². The van der Waals surface area contributed by atoms with Gasteiger partial charge in [-0.05, 0) is 12.0 Å². The summed E-state index contributed by atoms with van der Waals surface area (Å²) in [5.74, 6) is 0.269. The van der Waals surface area contributed by atoms with E-state index in [0.29, 0.717) is 24.6 Å². The third-order valence-corrected chi connectivity index (χ3v) is 4.02. The van der Waals surface area contributed by atoms with Gasteiger partial charge in [-0.25, -0.2) is 4.39 Å². The van der Waals surface area contributed by atoms with Crippen molar-refractivity contribution in [3.8, 4) is 0 Å². The van der Waals surface area contributed by atoms with Crippen molar-refractivity contribution in [2.45, 2.75) is 13.5 Å². The van der Waals surface area contributed by atoms with Crippen molar-refractivity contribution in [3.05, 3.63) is 35.6 Å². The fraction of sp³-hybridized carbons (Fsp3) is 0.500. The summed E-state index contributed by atoms with van der Waals surface area (Å²) in [6, 6.07) is 6.63. The Bertz CT molecular complexity index is 568. The van der Waals surface area contributed by atoms with Crippen LogP contribution in [-0.2, 0) is 16.1 Å². The third-order valence-electron chi connectivity index (χ3n) is 4.02. The van der Waals surface area contributed by atoms with Crippen LogP contribution < -0.4 is 5.32 Å². The Balaban J connectivity index is 0.00000264. The highest BCUT2D eigenvalue weighted by molar-refractivity contribution is 14.0. The molecule has 2 atom stereocenters. The van der Waals surface area contributed by atoms with Gasteiger partial charge in [-0.3, -0.25) is 9.79 Å². The molecule has 5 nitrogen and oxygen atoms in total. The molecule has 128 valence electrons. The van der Waals surface area contributed by atoms with E-state index in [1.54, 1.807) is 25.2 Å². The maximum absolute atomic E-state index is 13.6. The van der Waals surface area contributed by atoms with Crippen LogP contribution >= 0.6 is 24.0 Å². The second kappa shape index (κ2) is 9.05. The van der Waals surface area contributed by atoms with E-state index in [-0.39, 0.29) is 47.6 Å².